The summed E-state index contributed by atoms with van der Waals surface area (Å²) in [5, 5.41) is 20.6. The van der Waals surface area contributed by atoms with Gasteiger partial charge < -0.3 is 40.4 Å². The number of nitrogens with zero attached hydrogens (tertiary/aromatic N) is 1. The molecule has 182 valence electrons. The van der Waals surface area contributed by atoms with E-state index in [-0.39, 0.29) is 60.4 Å². The van der Waals surface area contributed by atoms with Crippen molar-refractivity contribution < 1.29 is 43.6 Å². The number of carbonyl (C=O) groups excluding carboxylic acids is 3. The van der Waals surface area contributed by atoms with Crippen molar-refractivity contribution in [3.05, 3.63) is 22.6 Å². The molecule has 1 amide bonds. The first kappa shape index (κ1) is 24.7. The van der Waals surface area contributed by atoms with Crippen molar-refractivity contribution in [1.82, 2.24) is 10.2 Å². The predicted molar refractivity (Wildman–Crippen MR) is 112 cm³/mol. The molecule has 0 spiro atoms. The van der Waals surface area contributed by atoms with E-state index in [4.69, 9.17) is 24.1 Å². The molecule has 0 aromatic carbocycles. The summed E-state index contributed by atoms with van der Waals surface area (Å²) in [7, 11) is 1.54. The molecular formula is C21H29N3O9. The van der Waals surface area contributed by atoms with Crippen LogP contribution in [0.5, 0.6) is 0 Å². The van der Waals surface area contributed by atoms with Gasteiger partial charge in [0.25, 0.3) is 0 Å². The highest BCUT2D eigenvalue weighted by Gasteiger charge is 2.72. The lowest BCUT2D eigenvalue weighted by Gasteiger charge is -2.39. The molecule has 33 heavy (non-hydrogen) atoms. The largest absolute Gasteiger partial charge is 0.489 e. The van der Waals surface area contributed by atoms with E-state index >= 15 is 0 Å². The zero-order valence-corrected chi connectivity index (χ0v) is 18.8. The van der Waals surface area contributed by atoms with Crippen molar-refractivity contribution in [2.45, 2.75) is 44.5 Å². The Morgan fingerprint density at radius 3 is 2.55 bits per heavy atom. The van der Waals surface area contributed by atoms with E-state index in [1.807, 2.05) is 4.90 Å². The van der Waals surface area contributed by atoms with E-state index < -0.39 is 23.5 Å². The molecule has 0 bridgehead atoms. The zero-order valence-electron chi connectivity index (χ0n) is 18.8. The molecular weight excluding hydrogens is 438 g/mol. The molecule has 0 radical (unpaired) electrons. The number of aliphatic hydroxyl groups is 1. The summed E-state index contributed by atoms with van der Waals surface area (Å²) in [5.74, 6) is -1.66. The Morgan fingerprint density at radius 1 is 1.30 bits per heavy atom. The van der Waals surface area contributed by atoms with Crippen LogP contribution in [-0.2, 0) is 28.6 Å². The van der Waals surface area contributed by atoms with Gasteiger partial charge in [0, 0.05) is 37.3 Å². The van der Waals surface area contributed by atoms with Crippen molar-refractivity contribution in [3.8, 4) is 0 Å². The number of piperazine rings is 1. The average molecular weight is 467 g/mol. The number of hydrogen-bond donors (Lipinski definition) is 4. The first-order chi connectivity index (χ1) is 15.6. The van der Waals surface area contributed by atoms with E-state index in [0.29, 0.717) is 25.3 Å². The number of carbonyl (C=O) groups is 4. The number of carboxylic acid groups (broad SMARTS) is 1. The summed E-state index contributed by atoms with van der Waals surface area (Å²) in [6.45, 7) is 3.96. The van der Waals surface area contributed by atoms with Crippen LogP contribution in [0.25, 0.3) is 0 Å². The topological polar surface area (TPSA) is 188 Å². The monoisotopic (exact) mass is 467 g/mol. The number of aliphatic hydroxyl groups excluding tert-OH is 1. The second kappa shape index (κ2) is 9.49. The lowest BCUT2D eigenvalue weighted by molar-refractivity contribution is -0.143. The first-order valence-corrected chi connectivity index (χ1v) is 10.7. The molecule has 3 aliphatic heterocycles. The quantitative estimate of drug-likeness (QED) is 0.152. The Bertz CT molecular complexity index is 924. The number of ether oxygens (including phenoxy) is 3. The van der Waals surface area contributed by atoms with Gasteiger partial charge in [0.2, 0.25) is 11.6 Å². The third kappa shape index (κ3) is 4.09. The standard InChI is InChI=1S/C20H26N2O7.CH3NO2/c1-4-28-13(24)6-5-7-29-18-10(2)16(25)15-14(17(18)26)11(9-23)20(27-3)19-12(21-19)8-22(15)20;2-1(3)4/h11-12,19,21,23H,4-9H2,1-3H3;2H2,(H,3,4). The number of nitrogens with one attached hydrogen (secondary N) is 1. The summed E-state index contributed by atoms with van der Waals surface area (Å²) < 4.78 is 16.3. The first-order valence-electron chi connectivity index (χ1n) is 10.7. The third-order valence-corrected chi connectivity index (χ3v) is 6.24. The fourth-order valence-electron chi connectivity index (χ4n) is 4.92. The number of Topliss-reactive ketones (excluding diaryl/α,β-unsaturated/α-hetero) is 2. The molecule has 4 atom stereocenters. The molecule has 4 rings (SSSR count). The number of methoxy groups -OCH3 is 1. The summed E-state index contributed by atoms with van der Waals surface area (Å²) in [6.07, 6.45) is -0.793. The van der Waals surface area contributed by atoms with Gasteiger partial charge in [-0.1, -0.05) is 0 Å². The Balaban J connectivity index is 0.000000709. The highest BCUT2D eigenvalue weighted by molar-refractivity contribution is 6.25. The van der Waals surface area contributed by atoms with Crippen molar-refractivity contribution in [3.63, 3.8) is 0 Å². The van der Waals surface area contributed by atoms with Crippen LogP contribution in [0.2, 0.25) is 0 Å². The van der Waals surface area contributed by atoms with Gasteiger partial charge in [-0.15, -0.1) is 0 Å². The van der Waals surface area contributed by atoms with E-state index in [0.717, 1.165) is 0 Å². The minimum Gasteiger partial charge on any atom is -0.489 e. The van der Waals surface area contributed by atoms with Crippen molar-refractivity contribution in [2.24, 2.45) is 11.7 Å². The lowest BCUT2D eigenvalue weighted by atomic mass is 9.83. The van der Waals surface area contributed by atoms with Gasteiger partial charge in [0.05, 0.1) is 37.5 Å². The van der Waals surface area contributed by atoms with Crippen LogP contribution in [-0.4, -0.2) is 90.0 Å². The average Bonchev–Trinajstić information content (AvgIpc) is 3.36. The van der Waals surface area contributed by atoms with E-state index in [1.165, 1.54) is 0 Å². The molecule has 4 aliphatic rings. The van der Waals surface area contributed by atoms with E-state index in [9.17, 15) is 19.5 Å². The number of amides is 1. The molecule has 0 aromatic heterocycles. The number of fused-ring (bicyclic) bond motifs is 4. The molecule has 1 aliphatic carbocycles. The van der Waals surface area contributed by atoms with Gasteiger partial charge >= 0.3 is 12.1 Å². The van der Waals surface area contributed by atoms with Crippen LogP contribution in [0.3, 0.4) is 0 Å². The van der Waals surface area contributed by atoms with E-state index in [2.05, 4.69) is 11.1 Å². The Hall–Kier alpha value is -2.96. The third-order valence-electron chi connectivity index (χ3n) is 6.24. The van der Waals surface area contributed by atoms with Crippen LogP contribution in [0.15, 0.2) is 22.6 Å². The highest BCUT2D eigenvalue weighted by Crippen LogP contribution is 2.55. The van der Waals surface area contributed by atoms with Crippen LogP contribution in [0.1, 0.15) is 26.7 Å². The van der Waals surface area contributed by atoms with Crippen LogP contribution in [0, 0.1) is 5.92 Å². The summed E-state index contributed by atoms with van der Waals surface area (Å²) in [4.78, 5) is 48.5. The Labute approximate surface area is 190 Å². The second-order valence-electron chi connectivity index (χ2n) is 8.02. The fraction of sp³-hybridized carbons (Fsp3) is 0.619. The molecule has 2 saturated heterocycles. The minimum atomic E-state index is -1.33. The smallest absolute Gasteiger partial charge is 0.402 e. The minimum absolute atomic E-state index is 0.0104. The van der Waals surface area contributed by atoms with Crippen molar-refractivity contribution in [2.75, 3.05) is 33.5 Å². The summed E-state index contributed by atoms with van der Waals surface area (Å²) in [6, 6.07) is 0.149. The summed E-state index contributed by atoms with van der Waals surface area (Å²) in [5.41, 5.74) is 3.91. The highest BCUT2D eigenvalue weighted by atomic mass is 16.5. The van der Waals surface area contributed by atoms with Crippen LogP contribution >= 0.6 is 0 Å². The van der Waals surface area contributed by atoms with Gasteiger partial charge in [-0.05, 0) is 20.3 Å². The van der Waals surface area contributed by atoms with Gasteiger partial charge in [0.15, 0.2) is 11.5 Å². The number of esters is 1. The molecule has 3 heterocycles. The lowest BCUT2D eigenvalue weighted by Crippen LogP contribution is -2.54. The molecule has 4 unspecified atom stereocenters. The molecule has 2 fully saturated rings. The van der Waals surface area contributed by atoms with Gasteiger partial charge in [0.1, 0.15) is 0 Å². The molecule has 12 nitrogen and oxygen atoms in total. The number of nitrogens with two attached hydrogens (primary N) is 1. The number of ketones is 2. The normalized spacial score (nSPS) is 29.2. The van der Waals surface area contributed by atoms with Crippen LogP contribution < -0.4 is 11.1 Å². The van der Waals surface area contributed by atoms with Gasteiger partial charge in [-0.25, -0.2) is 4.79 Å². The predicted octanol–water partition coefficient (Wildman–Crippen LogP) is -0.730. The van der Waals surface area contributed by atoms with E-state index in [1.54, 1.807) is 21.0 Å². The SMILES string of the molecule is CCOC(=O)CCCOC1=C(C)C(=O)C2=C(C1=O)C(CO)C1(OC)C3NC3CN21.NC(=O)O. The molecule has 0 saturated carbocycles. The maximum atomic E-state index is 13.3. The van der Waals surface area contributed by atoms with Crippen molar-refractivity contribution in [1.29, 1.82) is 0 Å². The van der Waals surface area contributed by atoms with Crippen LogP contribution in [0.4, 0.5) is 4.79 Å². The van der Waals surface area contributed by atoms with Crippen molar-refractivity contribution >= 4 is 23.6 Å². The maximum Gasteiger partial charge on any atom is 0.402 e. The maximum absolute atomic E-state index is 13.3. The zero-order chi connectivity index (χ0) is 24.5. The molecule has 0 aromatic rings. The Morgan fingerprint density at radius 2 is 1.97 bits per heavy atom. The van der Waals surface area contributed by atoms with Gasteiger partial charge in [-0.3, -0.25) is 14.4 Å². The fourth-order valence-corrected chi connectivity index (χ4v) is 4.92. The number of rotatable bonds is 8. The summed E-state index contributed by atoms with van der Waals surface area (Å²) >= 11 is 0. The molecule has 12 heteroatoms. The van der Waals surface area contributed by atoms with Gasteiger partial charge in [-0.2, -0.15) is 0 Å². The number of hydrogen-bond acceptors (Lipinski definition) is 10. The second-order valence-corrected chi connectivity index (χ2v) is 8.02. The molecule has 5 N–H and O–H groups in total. The number of allylic oxidation sites excluding steroid dienone is 2. The number of primary amides is 1. The Kier molecular flexibility index (Phi) is 7.10.